The lowest BCUT2D eigenvalue weighted by Crippen LogP contribution is -2.27. The summed E-state index contributed by atoms with van der Waals surface area (Å²) in [6.07, 6.45) is 2.58. The molecule has 0 spiro atoms. The van der Waals surface area contributed by atoms with E-state index >= 15 is 0 Å². The first-order valence-corrected chi connectivity index (χ1v) is 7.17. The van der Waals surface area contributed by atoms with E-state index in [2.05, 4.69) is 5.32 Å². The van der Waals surface area contributed by atoms with Crippen molar-refractivity contribution in [3.63, 3.8) is 0 Å². The minimum atomic E-state index is -0.148. The Bertz CT molecular complexity index is 607. The maximum absolute atomic E-state index is 12.0. The van der Waals surface area contributed by atoms with Crippen molar-refractivity contribution in [3.05, 3.63) is 47.9 Å². The van der Waals surface area contributed by atoms with Crippen LogP contribution in [-0.4, -0.2) is 20.1 Å². The van der Waals surface area contributed by atoms with Gasteiger partial charge in [-0.3, -0.25) is 4.79 Å². The highest BCUT2D eigenvalue weighted by Gasteiger charge is 2.15. The Hall–Kier alpha value is -2.43. The minimum absolute atomic E-state index is 0.0261. The van der Waals surface area contributed by atoms with Gasteiger partial charge in [0.1, 0.15) is 17.3 Å². The number of hydrogen-bond donors (Lipinski definition) is 1. The van der Waals surface area contributed by atoms with E-state index in [1.807, 2.05) is 31.2 Å². The third-order valence-corrected chi connectivity index (χ3v) is 3.46. The average molecular weight is 303 g/mol. The van der Waals surface area contributed by atoms with Crippen molar-refractivity contribution in [2.75, 3.05) is 14.2 Å². The average Bonchev–Trinajstić information content (AvgIpc) is 3.05. The molecule has 0 aliphatic heterocycles. The van der Waals surface area contributed by atoms with Crippen LogP contribution in [0.2, 0.25) is 0 Å². The SMILES string of the molecule is COc1ccc(C(C)NC(=O)CCc2ccco2)c(OC)c1. The molecule has 22 heavy (non-hydrogen) atoms. The summed E-state index contributed by atoms with van der Waals surface area (Å²) in [5.74, 6) is 2.20. The number of aryl methyl sites for hydroxylation is 1. The maximum Gasteiger partial charge on any atom is 0.220 e. The lowest BCUT2D eigenvalue weighted by atomic mass is 10.1. The topological polar surface area (TPSA) is 60.7 Å². The highest BCUT2D eigenvalue weighted by atomic mass is 16.5. The predicted octanol–water partition coefficient (Wildman–Crippen LogP) is 3.11. The zero-order valence-corrected chi connectivity index (χ0v) is 13.1. The van der Waals surface area contributed by atoms with Crippen LogP contribution in [0.3, 0.4) is 0 Å². The van der Waals surface area contributed by atoms with E-state index in [0.717, 1.165) is 17.1 Å². The van der Waals surface area contributed by atoms with Gasteiger partial charge in [0.25, 0.3) is 0 Å². The molecule has 2 rings (SSSR count). The summed E-state index contributed by atoms with van der Waals surface area (Å²) in [6, 6.07) is 9.09. The van der Waals surface area contributed by atoms with E-state index in [1.54, 1.807) is 26.5 Å². The molecule has 0 aliphatic rings. The van der Waals surface area contributed by atoms with Gasteiger partial charge in [-0.25, -0.2) is 0 Å². The van der Waals surface area contributed by atoms with Crippen molar-refractivity contribution in [2.45, 2.75) is 25.8 Å². The number of benzene rings is 1. The number of carbonyl (C=O) groups is 1. The van der Waals surface area contributed by atoms with Crippen LogP contribution in [0, 0.1) is 0 Å². The van der Waals surface area contributed by atoms with E-state index in [4.69, 9.17) is 13.9 Å². The van der Waals surface area contributed by atoms with Crippen molar-refractivity contribution >= 4 is 5.91 Å². The van der Waals surface area contributed by atoms with Crippen molar-refractivity contribution in [1.29, 1.82) is 0 Å². The third kappa shape index (κ3) is 4.04. The molecule has 1 aromatic carbocycles. The van der Waals surface area contributed by atoms with Gasteiger partial charge in [-0.15, -0.1) is 0 Å². The number of ether oxygens (including phenoxy) is 2. The van der Waals surface area contributed by atoms with Gasteiger partial charge in [0.05, 0.1) is 26.5 Å². The Balaban J connectivity index is 1.96. The molecule has 1 atom stereocenters. The molecule has 1 heterocycles. The van der Waals surface area contributed by atoms with Crippen LogP contribution in [-0.2, 0) is 11.2 Å². The Kier molecular flexibility index (Phi) is 5.47. The molecule has 1 unspecified atom stereocenters. The van der Waals surface area contributed by atoms with Gasteiger partial charge < -0.3 is 19.2 Å². The maximum atomic E-state index is 12.0. The molecule has 0 fully saturated rings. The number of nitrogens with one attached hydrogen (secondary N) is 1. The summed E-state index contributed by atoms with van der Waals surface area (Å²) in [4.78, 5) is 12.0. The largest absolute Gasteiger partial charge is 0.497 e. The number of furan rings is 1. The molecule has 118 valence electrons. The molecule has 0 radical (unpaired) electrons. The van der Waals surface area contributed by atoms with Gasteiger partial charge in [-0.05, 0) is 31.2 Å². The molecule has 1 aromatic heterocycles. The number of amides is 1. The van der Waals surface area contributed by atoms with Crippen LogP contribution in [0.15, 0.2) is 41.0 Å². The predicted molar refractivity (Wildman–Crippen MR) is 83.1 cm³/mol. The van der Waals surface area contributed by atoms with Crippen LogP contribution >= 0.6 is 0 Å². The number of rotatable bonds is 7. The van der Waals surface area contributed by atoms with Crippen LogP contribution in [0.5, 0.6) is 11.5 Å². The van der Waals surface area contributed by atoms with Gasteiger partial charge in [0, 0.05) is 24.5 Å². The van der Waals surface area contributed by atoms with Gasteiger partial charge in [0.2, 0.25) is 5.91 Å². The van der Waals surface area contributed by atoms with E-state index in [0.29, 0.717) is 18.6 Å². The molecular weight excluding hydrogens is 282 g/mol. The van der Waals surface area contributed by atoms with Gasteiger partial charge >= 0.3 is 0 Å². The molecule has 0 saturated heterocycles. The molecule has 5 heteroatoms. The second kappa shape index (κ2) is 7.54. The molecule has 1 amide bonds. The van der Waals surface area contributed by atoms with E-state index < -0.39 is 0 Å². The molecule has 5 nitrogen and oxygen atoms in total. The summed E-state index contributed by atoms with van der Waals surface area (Å²) < 4.78 is 15.8. The standard InChI is InChI=1S/C17H21NO4/c1-12(15-8-6-14(20-2)11-16(15)21-3)18-17(19)9-7-13-5-4-10-22-13/h4-6,8,10-12H,7,9H2,1-3H3,(H,18,19). The van der Waals surface area contributed by atoms with Crippen LogP contribution in [0.4, 0.5) is 0 Å². The fraction of sp³-hybridized carbons (Fsp3) is 0.353. The zero-order valence-electron chi connectivity index (χ0n) is 13.1. The van der Waals surface area contributed by atoms with Gasteiger partial charge in [0.15, 0.2) is 0 Å². The summed E-state index contributed by atoms with van der Waals surface area (Å²) >= 11 is 0. The Morgan fingerprint density at radius 2 is 2.09 bits per heavy atom. The summed E-state index contributed by atoms with van der Waals surface area (Å²) in [7, 11) is 3.21. The normalized spacial score (nSPS) is 11.8. The quantitative estimate of drug-likeness (QED) is 0.854. The lowest BCUT2D eigenvalue weighted by Gasteiger charge is -2.18. The fourth-order valence-electron chi connectivity index (χ4n) is 2.26. The molecular formula is C17H21NO4. The first-order valence-electron chi connectivity index (χ1n) is 7.17. The second-order valence-corrected chi connectivity index (χ2v) is 4.98. The zero-order chi connectivity index (χ0) is 15.9. The molecule has 0 aliphatic carbocycles. The highest BCUT2D eigenvalue weighted by molar-refractivity contribution is 5.76. The van der Waals surface area contributed by atoms with Crippen molar-refractivity contribution < 1.29 is 18.7 Å². The van der Waals surface area contributed by atoms with E-state index in [1.165, 1.54) is 0 Å². The van der Waals surface area contributed by atoms with Crippen LogP contribution < -0.4 is 14.8 Å². The fourth-order valence-corrected chi connectivity index (χ4v) is 2.26. The molecule has 0 bridgehead atoms. The van der Waals surface area contributed by atoms with Crippen molar-refractivity contribution in [1.82, 2.24) is 5.32 Å². The summed E-state index contributed by atoms with van der Waals surface area (Å²) in [6.45, 7) is 1.93. The Morgan fingerprint density at radius 1 is 1.27 bits per heavy atom. The highest BCUT2D eigenvalue weighted by Crippen LogP contribution is 2.29. The molecule has 0 saturated carbocycles. The number of carbonyl (C=O) groups excluding carboxylic acids is 1. The van der Waals surface area contributed by atoms with Crippen molar-refractivity contribution in [3.8, 4) is 11.5 Å². The van der Waals surface area contributed by atoms with E-state index in [9.17, 15) is 4.79 Å². The van der Waals surface area contributed by atoms with Crippen molar-refractivity contribution in [2.24, 2.45) is 0 Å². The van der Waals surface area contributed by atoms with Crippen LogP contribution in [0.1, 0.15) is 30.7 Å². The smallest absolute Gasteiger partial charge is 0.220 e. The lowest BCUT2D eigenvalue weighted by molar-refractivity contribution is -0.121. The summed E-state index contributed by atoms with van der Waals surface area (Å²) in [5, 5.41) is 2.97. The molecule has 2 aromatic rings. The number of methoxy groups -OCH3 is 2. The summed E-state index contributed by atoms with van der Waals surface area (Å²) in [5.41, 5.74) is 0.912. The van der Waals surface area contributed by atoms with Gasteiger partial charge in [-0.1, -0.05) is 0 Å². The third-order valence-electron chi connectivity index (χ3n) is 3.46. The first kappa shape index (κ1) is 15.9. The Labute approximate surface area is 130 Å². The first-order chi connectivity index (χ1) is 10.6. The Morgan fingerprint density at radius 3 is 2.73 bits per heavy atom. The minimum Gasteiger partial charge on any atom is -0.497 e. The number of hydrogen-bond acceptors (Lipinski definition) is 4. The second-order valence-electron chi connectivity index (χ2n) is 4.98. The van der Waals surface area contributed by atoms with Crippen LogP contribution in [0.25, 0.3) is 0 Å². The molecule has 1 N–H and O–H groups in total. The monoisotopic (exact) mass is 303 g/mol. The van der Waals surface area contributed by atoms with Gasteiger partial charge in [-0.2, -0.15) is 0 Å². The van der Waals surface area contributed by atoms with E-state index in [-0.39, 0.29) is 11.9 Å².